The molecule has 0 saturated heterocycles. The van der Waals surface area contributed by atoms with E-state index >= 15 is 0 Å². The molecule has 0 aromatic heterocycles. The van der Waals surface area contributed by atoms with Gasteiger partial charge in [-0.05, 0) is 111 Å². The van der Waals surface area contributed by atoms with Crippen LogP contribution in [0.3, 0.4) is 0 Å². The van der Waals surface area contributed by atoms with E-state index in [1.807, 2.05) is 63.2 Å². The van der Waals surface area contributed by atoms with Gasteiger partial charge in [-0.25, -0.2) is 8.42 Å². The predicted molar refractivity (Wildman–Crippen MR) is 172 cm³/mol. The molecule has 1 N–H and O–H groups in total. The van der Waals surface area contributed by atoms with E-state index in [-0.39, 0.29) is 29.8 Å². The first-order valence-corrected chi connectivity index (χ1v) is 18.1. The second-order valence-corrected chi connectivity index (χ2v) is 15.5. The van der Waals surface area contributed by atoms with E-state index < -0.39 is 16.1 Å². The van der Waals surface area contributed by atoms with Crippen molar-refractivity contribution >= 4 is 27.5 Å². The van der Waals surface area contributed by atoms with Crippen molar-refractivity contribution in [2.45, 2.75) is 96.1 Å². The van der Waals surface area contributed by atoms with Crippen LogP contribution in [0.1, 0.15) is 83.3 Å². The van der Waals surface area contributed by atoms with Gasteiger partial charge in [0.2, 0.25) is 21.8 Å². The van der Waals surface area contributed by atoms with E-state index in [4.69, 9.17) is 0 Å². The smallest absolute Gasteiger partial charge is 0.244 e. The lowest BCUT2D eigenvalue weighted by molar-refractivity contribution is -0.139. The lowest BCUT2D eigenvalue weighted by atomic mass is 9.48. The zero-order valence-corrected chi connectivity index (χ0v) is 27.1. The molecule has 0 spiro atoms. The average molecular weight is 608 g/mol. The van der Waals surface area contributed by atoms with Crippen molar-refractivity contribution in [2.75, 3.05) is 23.7 Å². The number of amides is 2. The number of carbonyl (C=O) groups excluding carboxylic acids is 2. The summed E-state index contributed by atoms with van der Waals surface area (Å²) in [5.41, 5.74) is 3.07. The van der Waals surface area contributed by atoms with Crippen LogP contribution in [-0.2, 0) is 31.4 Å². The van der Waals surface area contributed by atoms with E-state index in [2.05, 4.69) is 17.4 Å². The van der Waals surface area contributed by atoms with E-state index in [1.165, 1.54) is 48.4 Å². The molecule has 8 heteroatoms. The summed E-state index contributed by atoms with van der Waals surface area (Å²) < 4.78 is 27.4. The van der Waals surface area contributed by atoms with Crippen LogP contribution in [0.15, 0.2) is 54.6 Å². The van der Waals surface area contributed by atoms with Crippen molar-refractivity contribution < 1.29 is 18.0 Å². The molecule has 0 aliphatic heterocycles. The lowest BCUT2D eigenvalue weighted by Gasteiger charge is -2.57. The summed E-state index contributed by atoms with van der Waals surface area (Å²) in [5, 5.41) is 3.03. The number of benzene rings is 2. The summed E-state index contributed by atoms with van der Waals surface area (Å²) in [4.78, 5) is 28.9. The van der Waals surface area contributed by atoms with Gasteiger partial charge in [-0.3, -0.25) is 13.9 Å². The Morgan fingerprint density at radius 1 is 0.907 bits per heavy atom. The maximum absolute atomic E-state index is 14.0. The number of carbonyl (C=O) groups is 2. The van der Waals surface area contributed by atoms with Gasteiger partial charge in [0.1, 0.15) is 12.6 Å². The molecule has 4 aliphatic carbocycles. The standard InChI is InChI=1S/C35H49N3O4S/c1-5-25(3)36-34(40)32(6-2)37(17-16-26-10-8-7-9-11-26)33(39)24-38(43(4,41)42)31-14-12-30(13-15-31)35-21-27-18-28(22-35)20-29(19-27)23-35/h7-15,25,27-29,32H,5-6,16-24H2,1-4H3,(H,36,40)/t25-,27?,28?,29?,32-,35?/m0/s1. The highest BCUT2D eigenvalue weighted by Gasteiger charge is 2.51. The molecule has 4 saturated carbocycles. The van der Waals surface area contributed by atoms with Gasteiger partial charge in [0.05, 0.1) is 11.9 Å². The second kappa shape index (κ2) is 13.0. The molecule has 2 amide bonds. The average Bonchev–Trinajstić information content (AvgIpc) is 2.97. The fraction of sp³-hybridized carbons (Fsp3) is 0.600. The zero-order chi connectivity index (χ0) is 30.8. The molecule has 4 aliphatic rings. The fourth-order valence-electron chi connectivity index (χ4n) is 8.40. The summed E-state index contributed by atoms with van der Waals surface area (Å²) in [6.45, 7) is 5.80. The SMILES string of the molecule is CC[C@H](C)NC(=O)[C@H](CC)N(CCc1ccccc1)C(=O)CN(c1ccc(C23CC4CC(CC(C4)C2)C3)cc1)S(C)(=O)=O. The van der Waals surface area contributed by atoms with Crippen LogP contribution in [0.2, 0.25) is 0 Å². The molecule has 2 aromatic rings. The molecule has 0 unspecified atom stereocenters. The number of sulfonamides is 1. The number of nitrogens with zero attached hydrogens (tertiary/aromatic N) is 2. The van der Waals surface area contributed by atoms with Gasteiger partial charge in [-0.15, -0.1) is 0 Å². The normalized spacial score (nSPS) is 25.6. The molecular weight excluding hydrogens is 558 g/mol. The minimum absolute atomic E-state index is 0.0207. The minimum Gasteiger partial charge on any atom is -0.352 e. The summed E-state index contributed by atoms with van der Waals surface area (Å²) in [7, 11) is -3.76. The third kappa shape index (κ3) is 7.11. The molecule has 2 aromatic carbocycles. The van der Waals surface area contributed by atoms with E-state index in [0.29, 0.717) is 25.1 Å². The van der Waals surface area contributed by atoms with Gasteiger partial charge in [0.15, 0.2) is 0 Å². The summed E-state index contributed by atoms with van der Waals surface area (Å²) >= 11 is 0. The Morgan fingerprint density at radius 3 is 2.00 bits per heavy atom. The van der Waals surface area contributed by atoms with Crippen LogP contribution in [0.4, 0.5) is 5.69 Å². The Labute approximate surface area is 258 Å². The molecule has 0 heterocycles. The number of nitrogens with one attached hydrogen (secondary N) is 1. The van der Waals surface area contributed by atoms with Crippen LogP contribution < -0.4 is 9.62 Å². The Balaban J connectivity index is 1.37. The molecule has 4 bridgehead atoms. The van der Waals surface area contributed by atoms with E-state index in [9.17, 15) is 18.0 Å². The molecule has 7 nitrogen and oxygen atoms in total. The Morgan fingerprint density at radius 2 is 1.49 bits per heavy atom. The first kappa shape index (κ1) is 31.6. The third-order valence-corrected chi connectivity index (χ3v) is 11.5. The lowest BCUT2D eigenvalue weighted by Crippen LogP contribution is -2.54. The van der Waals surface area contributed by atoms with Crippen LogP contribution in [-0.4, -0.2) is 56.6 Å². The Hall–Kier alpha value is -2.87. The fourth-order valence-corrected chi connectivity index (χ4v) is 9.25. The molecule has 2 atom stereocenters. The highest BCUT2D eigenvalue weighted by Crippen LogP contribution is 2.60. The van der Waals surface area contributed by atoms with Gasteiger partial charge in [0, 0.05) is 12.6 Å². The minimum atomic E-state index is -3.76. The van der Waals surface area contributed by atoms with Gasteiger partial charge in [0.25, 0.3) is 0 Å². The van der Waals surface area contributed by atoms with Crippen LogP contribution >= 0.6 is 0 Å². The number of hydrogen-bond acceptors (Lipinski definition) is 4. The Kier molecular flexibility index (Phi) is 9.55. The highest BCUT2D eigenvalue weighted by atomic mass is 32.2. The molecular formula is C35H49N3O4S. The molecule has 43 heavy (non-hydrogen) atoms. The van der Waals surface area contributed by atoms with E-state index in [0.717, 1.165) is 36.0 Å². The van der Waals surface area contributed by atoms with Gasteiger partial charge in [-0.1, -0.05) is 56.3 Å². The van der Waals surface area contributed by atoms with Crippen molar-refractivity contribution in [3.8, 4) is 0 Å². The number of hydrogen-bond donors (Lipinski definition) is 1. The van der Waals surface area contributed by atoms with Gasteiger partial charge in [-0.2, -0.15) is 0 Å². The third-order valence-electron chi connectivity index (χ3n) is 10.4. The molecule has 0 radical (unpaired) electrons. The molecule has 4 fully saturated rings. The quantitative estimate of drug-likeness (QED) is 0.317. The summed E-state index contributed by atoms with van der Waals surface area (Å²) in [6, 6.07) is 17.1. The van der Waals surface area contributed by atoms with Crippen LogP contribution in [0.5, 0.6) is 0 Å². The van der Waals surface area contributed by atoms with Gasteiger partial charge < -0.3 is 10.2 Å². The van der Waals surface area contributed by atoms with Crippen molar-refractivity contribution in [1.82, 2.24) is 10.2 Å². The topological polar surface area (TPSA) is 86.8 Å². The van der Waals surface area contributed by atoms with Crippen molar-refractivity contribution in [3.63, 3.8) is 0 Å². The van der Waals surface area contributed by atoms with Crippen LogP contribution in [0.25, 0.3) is 0 Å². The number of anilines is 1. The second-order valence-electron chi connectivity index (χ2n) is 13.6. The zero-order valence-electron chi connectivity index (χ0n) is 26.3. The largest absolute Gasteiger partial charge is 0.352 e. The molecule has 6 rings (SSSR count). The first-order valence-electron chi connectivity index (χ1n) is 16.2. The maximum Gasteiger partial charge on any atom is 0.244 e. The number of rotatable bonds is 13. The predicted octanol–water partition coefficient (Wildman–Crippen LogP) is 5.69. The summed E-state index contributed by atoms with van der Waals surface area (Å²) in [6.07, 6.45) is 10.7. The van der Waals surface area contributed by atoms with Crippen molar-refractivity contribution in [3.05, 3.63) is 65.7 Å². The monoisotopic (exact) mass is 607 g/mol. The van der Waals surface area contributed by atoms with Gasteiger partial charge >= 0.3 is 0 Å². The Bertz CT molecular complexity index is 1340. The van der Waals surface area contributed by atoms with Crippen LogP contribution in [0, 0.1) is 17.8 Å². The first-order chi connectivity index (χ1) is 20.5. The maximum atomic E-state index is 14.0. The van der Waals surface area contributed by atoms with E-state index in [1.54, 1.807) is 4.90 Å². The molecule has 234 valence electrons. The van der Waals surface area contributed by atoms with Crippen molar-refractivity contribution in [2.24, 2.45) is 17.8 Å². The highest BCUT2D eigenvalue weighted by molar-refractivity contribution is 7.92. The summed E-state index contributed by atoms with van der Waals surface area (Å²) in [5.74, 6) is 1.88. The van der Waals surface area contributed by atoms with Crippen molar-refractivity contribution in [1.29, 1.82) is 0 Å².